The van der Waals surface area contributed by atoms with Gasteiger partial charge in [-0.25, -0.2) is 0 Å². The van der Waals surface area contributed by atoms with E-state index in [1.165, 1.54) is 16.0 Å². The van der Waals surface area contributed by atoms with Gasteiger partial charge in [0.05, 0.1) is 13.1 Å². The minimum Gasteiger partial charge on any atom is -0.352 e. The average Bonchev–Trinajstić information content (AvgIpc) is 2.69. The van der Waals surface area contributed by atoms with Crippen LogP contribution in [0.1, 0.15) is 29.3 Å². The standard InChI is InChI=1S/C22H25N3O2/c1-2-23-22(27)19-9-6-10-20(15-19)24-21(26)16-25-13-11-18(12-14-25)17-7-4-3-5-8-17/h3-11,15H,2,12-14,16H2,1H3,(H,23,27)(H,24,26)/p+1. The van der Waals surface area contributed by atoms with E-state index in [0.29, 0.717) is 24.3 Å². The second kappa shape index (κ2) is 9.14. The molecule has 0 bridgehead atoms. The molecule has 0 radical (unpaired) electrons. The highest BCUT2D eigenvalue weighted by Crippen LogP contribution is 2.17. The zero-order valence-corrected chi connectivity index (χ0v) is 15.6. The smallest absolute Gasteiger partial charge is 0.279 e. The van der Waals surface area contributed by atoms with Gasteiger partial charge in [-0.1, -0.05) is 36.4 Å². The van der Waals surface area contributed by atoms with Crippen molar-refractivity contribution >= 4 is 23.1 Å². The van der Waals surface area contributed by atoms with Crippen molar-refractivity contribution in [3.8, 4) is 0 Å². The number of benzene rings is 2. The molecule has 3 rings (SSSR count). The maximum Gasteiger partial charge on any atom is 0.279 e. The van der Waals surface area contributed by atoms with Gasteiger partial charge in [0.2, 0.25) is 0 Å². The minimum absolute atomic E-state index is 0.0328. The SMILES string of the molecule is CCNC(=O)c1cccc(NC(=O)C[NH+]2CC=C(c3ccccc3)CC2)c1. The monoisotopic (exact) mass is 364 g/mol. The first-order valence-corrected chi connectivity index (χ1v) is 9.42. The summed E-state index contributed by atoms with van der Waals surface area (Å²) in [6.07, 6.45) is 3.20. The van der Waals surface area contributed by atoms with Crippen LogP contribution in [0.2, 0.25) is 0 Å². The van der Waals surface area contributed by atoms with Crippen LogP contribution in [0.4, 0.5) is 5.69 Å². The molecule has 1 atom stereocenters. The molecule has 0 aliphatic carbocycles. The molecule has 2 amide bonds. The number of nitrogens with one attached hydrogen (secondary N) is 3. The summed E-state index contributed by atoms with van der Waals surface area (Å²) < 4.78 is 0. The third-order valence-corrected chi connectivity index (χ3v) is 4.69. The van der Waals surface area contributed by atoms with Crippen LogP contribution in [0, 0.1) is 0 Å². The van der Waals surface area contributed by atoms with E-state index in [0.717, 1.165) is 19.5 Å². The van der Waals surface area contributed by atoms with E-state index in [2.05, 4.69) is 41.0 Å². The number of quaternary nitrogens is 1. The molecule has 0 fully saturated rings. The summed E-state index contributed by atoms with van der Waals surface area (Å²) in [6.45, 7) is 4.66. The normalized spacial score (nSPS) is 16.3. The number of hydrogen-bond acceptors (Lipinski definition) is 2. The highest BCUT2D eigenvalue weighted by molar-refractivity contribution is 5.97. The van der Waals surface area contributed by atoms with E-state index in [1.807, 2.05) is 13.0 Å². The third kappa shape index (κ3) is 5.28. The Labute approximate surface area is 160 Å². The third-order valence-electron chi connectivity index (χ3n) is 4.69. The van der Waals surface area contributed by atoms with Crippen LogP contribution < -0.4 is 15.5 Å². The molecule has 140 valence electrons. The fourth-order valence-corrected chi connectivity index (χ4v) is 3.29. The Bertz CT molecular complexity index is 830. The van der Waals surface area contributed by atoms with E-state index >= 15 is 0 Å². The van der Waals surface area contributed by atoms with Crippen LogP contribution in [0.3, 0.4) is 0 Å². The van der Waals surface area contributed by atoms with Crippen LogP contribution in [0.15, 0.2) is 60.7 Å². The number of carbonyl (C=O) groups is 2. The van der Waals surface area contributed by atoms with E-state index in [9.17, 15) is 9.59 Å². The van der Waals surface area contributed by atoms with E-state index in [1.54, 1.807) is 24.3 Å². The van der Waals surface area contributed by atoms with Crippen LogP contribution in [-0.4, -0.2) is 38.0 Å². The van der Waals surface area contributed by atoms with Gasteiger partial charge in [-0.3, -0.25) is 9.59 Å². The fourth-order valence-electron chi connectivity index (χ4n) is 3.29. The van der Waals surface area contributed by atoms with E-state index < -0.39 is 0 Å². The highest BCUT2D eigenvalue weighted by Gasteiger charge is 2.19. The van der Waals surface area contributed by atoms with Gasteiger partial charge in [-0.05, 0) is 42.3 Å². The van der Waals surface area contributed by atoms with Gasteiger partial charge >= 0.3 is 0 Å². The molecule has 3 N–H and O–H groups in total. The van der Waals surface area contributed by atoms with Crippen molar-refractivity contribution in [1.29, 1.82) is 0 Å². The Morgan fingerprint density at radius 3 is 2.59 bits per heavy atom. The zero-order valence-electron chi connectivity index (χ0n) is 15.6. The topological polar surface area (TPSA) is 62.6 Å². The molecule has 0 saturated carbocycles. The predicted octanol–water partition coefficient (Wildman–Crippen LogP) is 1.75. The number of carbonyl (C=O) groups excluding carboxylic acids is 2. The lowest BCUT2D eigenvalue weighted by molar-refractivity contribution is -0.886. The molecule has 27 heavy (non-hydrogen) atoms. The summed E-state index contributed by atoms with van der Waals surface area (Å²) in [5.74, 6) is -0.163. The number of anilines is 1. The van der Waals surface area contributed by atoms with Crippen molar-refractivity contribution in [1.82, 2.24) is 5.32 Å². The quantitative estimate of drug-likeness (QED) is 0.731. The first-order valence-electron chi connectivity index (χ1n) is 9.42. The molecule has 5 nitrogen and oxygen atoms in total. The number of amides is 2. The molecule has 1 aliphatic heterocycles. The van der Waals surface area contributed by atoms with E-state index in [-0.39, 0.29) is 11.8 Å². The Balaban J connectivity index is 1.54. The van der Waals surface area contributed by atoms with Gasteiger partial charge in [0.15, 0.2) is 6.54 Å². The van der Waals surface area contributed by atoms with Crippen LogP contribution in [0.5, 0.6) is 0 Å². The lowest BCUT2D eigenvalue weighted by Crippen LogP contribution is -3.13. The van der Waals surface area contributed by atoms with Crippen molar-refractivity contribution in [2.45, 2.75) is 13.3 Å². The molecule has 5 heteroatoms. The van der Waals surface area contributed by atoms with Gasteiger partial charge in [0, 0.05) is 24.2 Å². The average molecular weight is 364 g/mol. The summed E-state index contributed by atoms with van der Waals surface area (Å²) in [5.41, 5.74) is 3.83. The van der Waals surface area contributed by atoms with Gasteiger partial charge in [0.1, 0.15) is 0 Å². The molecule has 1 unspecified atom stereocenters. The largest absolute Gasteiger partial charge is 0.352 e. The summed E-state index contributed by atoms with van der Waals surface area (Å²) in [5, 5.41) is 5.67. The molecule has 1 aliphatic rings. The number of rotatable bonds is 6. The Kier molecular flexibility index (Phi) is 6.39. The Morgan fingerprint density at radius 2 is 1.89 bits per heavy atom. The molecular weight excluding hydrogens is 338 g/mol. The van der Waals surface area contributed by atoms with E-state index in [4.69, 9.17) is 0 Å². The first-order chi connectivity index (χ1) is 13.2. The molecule has 2 aromatic carbocycles. The highest BCUT2D eigenvalue weighted by atomic mass is 16.2. The second-order valence-corrected chi connectivity index (χ2v) is 6.71. The summed E-state index contributed by atoms with van der Waals surface area (Å²) in [7, 11) is 0. The van der Waals surface area contributed by atoms with Crippen molar-refractivity contribution < 1.29 is 14.5 Å². The molecule has 1 heterocycles. The molecular formula is C22H26N3O2+. The summed E-state index contributed by atoms with van der Waals surface area (Å²) >= 11 is 0. The molecule has 2 aromatic rings. The van der Waals surface area contributed by atoms with Crippen LogP contribution in [0.25, 0.3) is 5.57 Å². The van der Waals surface area contributed by atoms with Crippen molar-refractivity contribution in [2.75, 3.05) is 31.5 Å². The predicted molar refractivity (Wildman–Crippen MR) is 108 cm³/mol. The van der Waals surface area contributed by atoms with Crippen LogP contribution in [-0.2, 0) is 4.79 Å². The van der Waals surface area contributed by atoms with Gasteiger partial charge in [0.25, 0.3) is 11.8 Å². The maximum atomic E-state index is 12.4. The first kappa shape index (κ1) is 18.9. The summed E-state index contributed by atoms with van der Waals surface area (Å²) in [6, 6.07) is 17.4. The zero-order chi connectivity index (χ0) is 19.1. The van der Waals surface area contributed by atoms with Crippen molar-refractivity contribution in [3.63, 3.8) is 0 Å². The molecule has 0 aromatic heterocycles. The van der Waals surface area contributed by atoms with Gasteiger partial charge < -0.3 is 15.5 Å². The molecule has 0 spiro atoms. The molecule has 0 saturated heterocycles. The van der Waals surface area contributed by atoms with Gasteiger partial charge in [-0.2, -0.15) is 0 Å². The second-order valence-electron chi connectivity index (χ2n) is 6.71. The maximum absolute atomic E-state index is 12.4. The van der Waals surface area contributed by atoms with Crippen molar-refractivity contribution in [3.05, 3.63) is 71.8 Å². The van der Waals surface area contributed by atoms with Crippen LogP contribution >= 0.6 is 0 Å². The van der Waals surface area contributed by atoms with Gasteiger partial charge in [-0.15, -0.1) is 0 Å². The Morgan fingerprint density at radius 1 is 1.07 bits per heavy atom. The lowest BCUT2D eigenvalue weighted by Gasteiger charge is -2.23. The lowest BCUT2D eigenvalue weighted by atomic mass is 10.00. The number of hydrogen-bond donors (Lipinski definition) is 3. The Hall–Kier alpha value is -2.92. The van der Waals surface area contributed by atoms with Crippen molar-refractivity contribution in [2.24, 2.45) is 0 Å². The minimum atomic E-state index is -0.131. The summed E-state index contributed by atoms with van der Waals surface area (Å²) in [4.78, 5) is 25.5. The fraction of sp³-hybridized carbons (Fsp3) is 0.273.